The molecule has 20 heavy (non-hydrogen) atoms. The third kappa shape index (κ3) is 3.87. The first-order valence-corrected chi connectivity index (χ1v) is 7.19. The molecule has 0 aliphatic carbocycles. The predicted octanol–water partition coefficient (Wildman–Crippen LogP) is 3.50. The Balaban J connectivity index is 1.89. The molecule has 1 aliphatic rings. The number of hydrogen-bond acceptors (Lipinski definition) is 4. The Hall–Kier alpha value is -1.26. The Labute approximate surface area is 124 Å². The van der Waals surface area contributed by atoms with Crippen LogP contribution in [0.1, 0.15) is 36.0 Å². The van der Waals surface area contributed by atoms with E-state index in [1.54, 1.807) is 12.1 Å². The van der Waals surface area contributed by atoms with Gasteiger partial charge in [0.2, 0.25) is 0 Å². The first kappa shape index (κ1) is 15.1. The Kier molecular flexibility index (Phi) is 5.68. The molecular formula is C15H19ClO4. The van der Waals surface area contributed by atoms with E-state index >= 15 is 0 Å². The summed E-state index contributed by atoms with van der Waals surface area (Å²) in [6.07, 6.45) is 5.28. The van der Waals surface area contributed by atoms with Gasteiger partial charge in [0.25, 0.3) is 0 Å². The molecule has 1 heterocycles. The summed E-state index contributed by atoms with van der Waals surface area (Å²) in [5.74, 6) is 0.976. The SMILES string of the molecule is COc1cc(C=O)cc(Cl)c1OCCCC1CCCO1. The third-order valence-electron chi connectivity index (χ3n) is 3.33. The van der Waals surface area contributed by atoms with E-state index in [-0.39, 0.29) is 0 Å². The predicted molar refractivity (Wildman–Crippen MR) is 77.1 cm³/mol. The van der Waals surface area contributed by atoms with Crippen LogP contribution >= 0.6 is 11.6 Å². The van der Waals surface area contributed by atoms with E-state index < -0.39 is 0 Å². The molecule has 1 saturated heterocycles. The van der Waals surface area contributed by atoms with Crippen molar-refractivity contribution in [1.82, 2.24) is 0 Å². The molecule has 1 aromatic rings. The molecule has 0 spiro atoms. The van der Waals surface area contributed by atoms with Crippen molar-refractivity contribution in [1.29, 1.82) is 0 Å². The van der Waals surface area contributed by atoms with Crippen LogP contribution in [0.4, 0.5) is 0 Å². The van der Waals surface area contributed by atoms with Gasteiger partial charge in [0.05, 0.1) is 24.8 Å². The molecule has 1 atom stereocenters. The largest absolute Gasteiger partial charge is 0.493 e. The van der Waals surface area contributed by atoms with Crippen molar-refractivity contribution in [2.75, 3.05) is 20.3 Å². The Morgan fingerprint density at radius 2 is 2.35 bits per heavy atom. The van der Waals surface area contributed by atoms with E-state index in [0.717, 1.165) is 38.6 Å². The monoisotopic (exact) mass is 298 g/mol. The van der Waals surface area contributed by atoms with Crippen LogP contribution in [0.2, 0.25) is 5.02 Å². The highest BCUT2D eigenvalue weighted by atomic mass is 35.5. The summed E-state index contributed by atoms with van der Waals surface area (Å²) in [5.41, 5.74) is 0.471. The Morgan fingerprint density at radius 3 is 3.00 bits per heavy atom. The highest BCUT2D eigenvalue weighted by molar-refractivity contribution is 6.32. The van der Waals surface area contributed by atoms with Crippen molar-refractivity contribution in [2.24, 2.45) is 0 Å². The third-order valence-corrected chi connectivity index (χ3v) is 3.61. The summed E-state index contributed by atoms with van der Waals surface area (Å²) < 4.78 is 16.5. The molecule has 1 unspecified atom stereocenters. The van der Waals surface area contributed by atoms with Crippen LogP contribution in [0.3, 0.4) is 0 Å². The van der Waals surface area contributed by atoms with Crippen LogP contribution in [-0.2, 0) is 4.74 Å². The minimum atomic E-state index is 0.369. The Bertz CT molecular complexity index is 455. The van der Waals surface area contributed by atoms with Gasteiger partial charge in [-0.2, -0.15) is 0 Å². The van der Waals surface area contributed by atoms with Gasteiger partial charge in [-0.15, -0.1) is 0 Å². The fraction of sp³-hybridized carbons (Fsp3) is 0.533. The normalized spacial score (nSPS) is 18.0. The fourth-order valence-corrected chi connectivity index (χ4v) is 2.58. The second-order valence-electron chi connectivity index (χ2n) is 4.78. The quantitative estimate of drug-likeness (QED) is 0.571. The average molecular weight is 299 g/mol. The average Bonchev–Trinajstić information content (AvgIpc) is 2.97. The highest BCUT2D eigenvalue weighted by Gasteiger charge is 2.16. The molecule has 1 aliphatic heterocycles. The molecule has 0 saturated carbocycles. The van der Waals surface area contributed by atoms with Crippen LogP contribution in [0, 0.1) is 0 Å². The molecule has 0 N–H and O–H groups in total. The minimum absolute atomic E-state index is 0.369. The molecule has 0 amide bonds. The summed E-state index contributed by atoms with van der Waals surface area (Å²) in [4.78, 5) is 10.8. The number of methoxy groups -OCH3 is 1. The van der Waals surface area contributed by atoms with Crippen LogP contribution in [0.5, 0.6) is 11.5 Å². The van der Waals surface area contributed by atoms with Crippen molar-refractivity contribution < 1.29 is 19.0 Å². The van der Waals surface area contributed by atoms with Crippen molar-refractivity contribution in [3.63, 3.8) is 0 Å². The number of carbonyl (C=O) groups is 1. The standard InChI is InChI=1S/C15H19ClO4/c1-18-14-9-11(10-17)8-13(16)15(14)20-7-3-5-12-4-2-6-19-12/h8-10,12H,2-7H2,1H3. The van der Waals surface area contributed by atoms with Crippen molar-refractivity contribution in [2.45, 2.75) is 31.8 Å². The van der Waals surface area contributed by atoms with Gasteiger partial charge in [-0.05, 0) is 37.8 Å². The molecule has 2 rings (SSSR count). The molecule has 4 nitrogen and oxygen atoms in total. The van der Waals surface area contributed by atoms with Crippen LogP contribution in [0.25, 0.3) is 0 Å². The highest BCUT2D eigenvalue weighted by Crippen LogP contribution is 2.36. The molecule has 1 aromatic carbocycles. The van der Waals surface area contributed by atoms with E-state index in [1.165, 1.54) is 7.11 Å². The lowest BCUT2D eigenvalue weighted by molar-refractivity contribution is 0.0979. The molecule has 1 fully saturated rings. The maximum atomic E-state index is 10.8. The summed E-state index contributed by atoms with van der Waals surface area (Å²) in [7, 11) is 1.53. The smallest absolute Gasteiger partial charge is 0.179 e. The van der Waals surface area contributed by atoms with Gasteiger partial charge in [0.15, 0.2) is 11.5 Å². The first-order valence-electron chi connectivity index (χ1n) is 6.81. The summed E-state index contributed by atoms with van der Waals surface area (Å²) in [5, 5.41) is 0.392. The van der Waals surface area contributed by atoms with E-state index in [4.69, 9.17) is 25.8 Å². The second kappa shape index (κ2) is 7.50. The zero-order valence-electron chi connectivity index (χ0n) is 11.6. The van der Waals surface area contributed by atoms with Gasteiger partial charge in [-0.1, -0.05) is 11.6 Å². The summed E-state index contributed by atoms with van der Waals surface area (Å²) in [6.45, 7) is 1.43. The number of aldehydes is 1. The zero-order valence-corrected chi connectivity index (χ0v) is 12.3. The lowest BCUT2D eigenvalue weighted by atomic mass is 10.1. The van der Waals surface area contributed by atoms with Crippen molar-refractivity contribution >= 4 is 17.9 Å². The number of benzene rings is 1. The number of carbonyl (C=O) groups excluding carboxylic acids is 1. The molecular weight excluding hydrogens is 280 g/mol. The topological polar surface area (TPSA) is 44.8 Å². The molecule has 0 bridgehead atoms. The zero-order chi connectivity index (χ0) is 14.4. The van der Waals surface area contributed by atoms with Gasteiger partial charge in [-0.3, -0.25) is 4.79 Å². The van der Waals surface area contributed by atoms with E-state index in [1.807, 2.05) is 0 Å². The molecule has 0 aromatic heterocycles. The summed E-state index contributed by atoms with van der Waals surface area (Å²) in [6, 6.07) is 3.20. The van der Waals surface area contributed by atoms with Gasteiger partial charge in [0.1, 0.15) is 6.29 Å². The Morgan fingerprint density at radius 1 is 1.50 bits per heavy atom. The lowest BCUT2D eigenvalue weighted by Crippen LogP contribution is -2.08. The maximum Gasteiger partial charge on any atom is 0.179 e. The lowest BCUT2D eigenvalue weighted by Gasteiger charge is -2.14. The van der Waals surface area contributed by atoms with Crippen molar-refractivity contribution in [3.8, 4) is 11.5 Å². The van der Waals surface area contributed by atoms with Crippen molar-refractivity contribution in [3.05, 3.63) is 22.7 Å². The first-order chi connectivity index (χ1) is 9.74. The van der Waals surface area contributed by atoms with Crippen LogP contribution in [0.15, 0.2) is 12.1 Å². The number of halogens is 1. The summed E-state index contributed by atoms with van der Waals surface area (Å²) >= 11 is 6.11. The van der Waals surface area contributed by atoms with Gasteiger partial charge < -0.3 is 14.2 Å². The van der Waals surface area contributed by atoms with Gasteiger partial charge in [-0.25, -0.2) is 0 Å². The number of rotatable bonds is 7. The van der Waals surface area contributed by atoms with Crippen LogP contribution in [-0.4, -0.2) is 32.7 Å². The fourth-order valence-electron chi connectivity index (χ4n) is 2.31. The molecule has 110 valence electrons. The van der Waals surface area contributed by atoms with Gasteiger partial charge in [0, 0.05) is 12.2 Å². The van der Waals surface area contributed by atoms with E-state index in [9.17, 15) is 4.79 Å². The van der Waals surface area contributed by atoms with E-state index in [0.29, 0.717) is 34.8 Å². The van der Waals surface area contributed by atoms with Gasteiger partial charge >= 0.3 is 0 Å². The molecule has 0 radical (unpaired) electrons. The maximum absolute atomic E-state index is 10.8. The minimum Gasteiger partial charge on any atom is -0.493 e. The van der Waals surface area contributed by atoms with Crippen LogP contribution < -0.4 is 9.47 Å². The molecule has 5 heteroatoms. The number of ether oxygens (including phenoxy) is 3. The number of hydrogen-bond donors (Lipinski definition) is 0. The second-order valence-corrected chi connectivity index (χ2v) is 5.18. The van der Waals surface area contributed by atoms with E-state index in [2.05, 4.69) is 0 Å².